The molecule has 1 aliphatic heterocycles. The van der Waals surface area contributed by atoms with Gasteiger partial charge in [0.05, 0.1) is 0 Å². The monoisotopic (exact) mass is 194 g/mol. The van der Waals surface area contributed by atoms with Crippen LogP contribution in [0.1, 0.15) is 24.5 Å². The minimum Gasteiger partial charge on any atom is -0.306 e. The second-order valence-electron chi connectivity index (χ2n) is 3.96. The summed E-state index contributed by atoms with van der Waals surface area (Å²) in [5, 5.41) is 0. The third kappa shape index (κ3) is 2.10. The van der Waals surface area contributed by atoms with Crippen LogP contribution in [0.5, 0.6) is 0 Å². The van der Waals surface area contributed by atoms with E-state index in [1.807, 2.05) is 6.07 Å². The fourth-order valence-electron chi connectivity index (χ4n) is 1.96. The lowest BCUT2D eigenvalue weighted by Gasteiger charge is -2.28. The highest BCUT2D eigenvalue weighted by molar-refractivity contribution is 5.11. The van der Waals surface area contributed by atoms with Crippen molar-refractivity contribution >= 4 is 0 Å². The first-order valence-electron chi connectivity index (χ1n) is 5.07. The standard InChI is InChI=1S/C11H15FN2/c1-14-7-5-9(6-8-14)10-3-2-4-11(12)13-10/h2-4,9H,5-8H2,1H3. The van der Waals surface area contributed by atoms with Gasteiger partial charge >= 0.3 is 0 Å². The third-order valence-electron chi connectivity index (χ3n) is 2.87. The van der Waals surface area contributed by atoms with Crippen LogP contribution in [0, 0.1) is 5.95 Å². The van der Waals surface area contributed by atoms with E-state index in [1.165, 1.54) is 6.07 Å². The number of hydrogen-bond acceptors (Lipinski definition) is 2. The van der Waals surface area contributed by atoms with E-state index in [-0.39, 0.29) is 5.95 Å². The van der Waals surface area contributed by atoms with Crippen LogP contribution in [0.25, 0.3) is 0 Å². The normalized spacial score (nSPS) is 19.9. The smallest absolute Gasteiger partial charge is 0.213 e. The molecule has 1 aromatic heterocycles. The van der Waals surface area contributed by atoms with Crippen molar-refractivity contribution in [3.05, 3.63) is 29.8 Å². The lowest BCUT2D eigenvalue weighted by atomic mass is 9.93. The molecule has 1 aliphatic rings. The first kappa shape index (κ1) is 9.59. The molecule has 0 bridgehead atoms. The summed E-state index contributed by atoms with van der Waals surface area (Å²) in [6.07, 6.45) is 2.18. The summed E-state index contributed by atoms with van der Waals surface area (Å²) < 4.78 is 12.9. The first-order valence-corrected chi connectivity index (χ1v) is 5.07. The number of hydrogen-bond donors (Lipinski definition) is 0. The summed E-state index contributed by atoms with van der Waals surface area (Å²) >= 11 is 0. The van der Waals surface area contributed by atoms with Crippen LogP contribution < -0.4 is 0 Å². The van der Waals surface area contributed by atoms with E-state index in [1.54, 1.807) is 6.07 Å². The molecule has 3 heteroatoms. The van der Waals surface area contributed by atoms with Crippen molar-refractivity contribution in [3.63, 3.8) is 0 Å². The maximum atomic E-state index is 12.9. The molecule has 1 fully saturated rings. The first-order chi connectivity index (χ1) is 6.75. The SMILES string of the molecule is CN1CCC(c2cccc(F)n2)CC1. The molecule has 2 heterocycles. The molecule has 0 spiro atoms. The van der Waals surface area contributed by atoms with Gasteiger partial charge < -0.3 is 4.90 Å². The van der Waals surface area contributed by atoms with Crippen molar-refractivity contribution in [3.8, 4) is 0 Å². The Morgan fingerprint density at radius 2 is 2.07 bits per heavy atom. The predicted octanol–water partition coefficient (Wildman–Crippen LogP) is 2.03. The summed E-state index contributed by atoms with van der Waals surface area (Å²) in [4.78, 5) is 6.24. The summed E-state index contributed by atoms with van der Waals surface area (Å²) in [5.74, 6) is 0.0864. The quantitative estimate of drug-likeness (QED) is 0.636. The molecular formula is C11H15FN2. The zero-order valence-corrected chi connectivity index (χ0v) is 8.41. The van der Waals surface area contributed by atoms with Crippen LogP contribution in [-0.2, 0) is 0 Å². The van der Waals surface area contributed by atoms with Crippen LogP contribution in [0.3, 0.4) is 0 Å². The third-order valence-corrected chi connectivity index (χ3v) is 2.87. The number of nitrogens with zero attached hydrogens (tertiary/aromatic N) is 2. The van der Waals surface area contributed by atoms with Gasteiger partial charge in [0.1, 0.15) is 0 Å². The van der Waals surface area contributed by atoms with Gasteiger partial charge in [-0.2, -0.15) is 4.39 Å². The van der Waals surface area contributed by atoms with Crippen LogP contribution in [-0.4, -0.2) is 30.0 Å². The highest BCUT2D eigenvalue weighted by Gasteiger charge is 2.19. The van der Waals surface area contributed by atoms with Gasteiger partial charge in [0, 0.05) is 11.6 Å². The molecular weight excluding hydrogens is 179 g/mol. The molecule has 0 saturated carbocycles. The molecule has 14 heavy (non-hydrogen) atoms. The van der Waals surface area contributed by atoms with Crippen molar-refractivity contribution in [2.24, 2.45) is 0 Å². The minimum atomic E-state index is -0.360. The highest BCUT2D eigenvalue weighted by atomic mass is 19.1. The molecule has 0 amide bonds. The summed E-state index contributed by atoms with van der Waals surface area (Å²) in [7, 11) is 2.12. The number of halogens is 1. The van der Waals surface area contributed by atoms with Crippen LogP contribution in [0.15, 0.2) is 18.2 Å². The van der Waals surface area contributed by atoms with E-state index in [2.05, 4.69) is 16.9 Å². The molecule has 0 aromatic carbocycles. The van der Waals surface area contributed by atoms with Crippen LogP contribution in [0.4, 0.5) is 4.39 Å². The lowest BCUT2D eigenvalue weighted by Crippen LogP contribution is -2.29. The van der Waals surface area contributed by atoms with Gasteiger partial charge in [-0.25, -0.2) is 4.98 Å². The molecule has 2 rings (SSSR count). The van der Waals surface area contributed by atoms with Gasteiger partial charge in [-0.05, 0) is 45.1 Å². The zero-order chi connectivity index (χ0) is 9.97. The van der Waals surface area contributed by atoms with E-state index in [0.717, 1.165) is 31.6 Å². The Hall–Kier alpha value is -0.960. The summed E-state index contributed by atoms with van der Waals surface area (Å²) in [5.41, 5.74) is 0.915. The van der Waals surface area contributed by atoms with E-state index in [9.17, 15) is 4.39 Å². The van der Waals surface area contributed by atoms with Gasteiger partial charge in [-0.1, -0.05) is 6.07 Å². The Labute approximate surface area is 83.8 Å². The second kappa shape index (κ2) is 4.05. The zero-order valence-electron chi connectivity index (χ0n) is 8.41. The van der Waals surface area contributed by atoms with E-state index < -0.39 is 0 Å². The fourth-order valence-corrected chi connectivity index (χ4v) is 1.96. The molecule has 0 atom stereocenters. The number of aromatic nitrogens is 1. The molecule has 2 nitrogen and oxygen atoms in total. The number of likely N-dealkylation sites (tertiary alicyclic amines) is 1. The van der Waals surface area contributed by atoms with E-state index in [4.69, 9.17) is 0 Å². The summed E-state index contributed by atoms with van der Waals surface area (Å²) in [6.45, 7) is 2.17. The lowest BCUT2D eigenvalue weighted by molar-refractivity contribution is 0.252. The Balaban J connectivity index is 2.08. The van der Waals surface area contributed by atoms with E-state index >= 15 is 0 Å². The minimum absolute atomic E-state index is 0.360. The van der Waals surface area contributed by atoms with E-state index in [0.29, 0.717) is 5.92 Å². The van der Waals surface area contributed by atoms with Gasteiger partial charge in [-0.15, -0.1) is 0 Å². The van der Waals surface area contributed by atoms with Crippen molar-refractivity contribution in [2.45, 2.75) is 18.8 Å². The Morgan fingerprint density at radius 1 is 1.36 bits per heavy atom. The maximum Gasteiger partial charge on any atom is 0.213 e. The average molecular weight is 194 g/mol. The fraction of sp³-hybridized carbons (Fsp3) is 0.545. The molecule has 76 valence electrons. The van der Waals surface area contributed by atoms with Crippen molar-refractivity contribution in [1.82, 2.24) is 9.88 Å². The summed E-state index contributed by atoms with van der Waals surface area (Å²) in [6, 6.07) is 5.08. The van der Waals surface area contributed by atoms with Crippen molar-refractivity contribution < 1.29 is 4.39 Å². The predicted molar refractivity (Wildman–Crippen MR) is 53.7 cm³/mol. The van der Waals surface area contributed by atoms with Crippen molar-refractivity contribution in [2.75, 3.05) is 20.1 Å². The highest BCUT2D eigenvalue weighted by Crippen LogP contribution is 2.25. The molecule has 0 radical (unpaired) electrons. The Morgan fingerprint density at radius 3 is 2.71 bits per heavy atom. The number of rotatable bonds is 1. The topological polar surface area (TPSA) is 16.1 Å². The van der Waals surface area contributed by atoms with Gasteiger partial charge in [-0.3, -0.25) is 0 Å². The van der Waals surface area contributed by atoms with Gasteiger partial charge in [0.25, 0.3) is 0 Å². The second-order valence-corrected chi connectivity index (χ2v) is 3.96. The molecule has 0 unspecified atom stereocenters. The number of pyridine rings is 1. The van der Waals surface area contributed by atoms with Crippen LogP contribution >= 0.6 is 0 Å². The maximum absolute atomic E-state index is 12.9. The molecule has 1 saturated heterocycles. The molecule has 0 aliphatic carbocycles. The number of piperidine rings is 1. The van der Waals surface area contributed by atoms with Gasteiger partial charge in [0.15, 0.2) is 0 Å². The largest absolute Gasteiger partial charge is 0.306 e. The van der Waals surface area contributed by atoms with Crippen LogP contribution in [0.2, 0.25) is 0 Å². The van der Waals surface area contributed by atoms with Crippen molar-refractivity contribution in [1.29, 1.82) is 0 Å². The Bertz CT molecular complexity index is 306. The Kier molecular flexibility index (Phi) is 2.77. The molecule has 1 aromatic rings. The molecule has 0 N–H and O–H groups in total. The average Bonchev–Trinajstić information content (AvgIpc) is 2.19. The van der Waals surface area contributed by atoms with Gasteiger partial charge in [0.2, 0.25) is 5.95 Å².